The van der Waals surface area contributed by atoms with Gasteiger partial charge in [-0.1, -0.05) is 63.4 Å². The molecule has 1 aromatic carbocycles. The predicted molar refractivity (Wildman–Crippen MR) is 127 cm³/mol. The molecule has 3 heterocycles. The number of pyridine rings is 1. The number of carbonyl (C=O) groups is 2. The summed E-state index contributed by atoms with van der Waals surface area (Å²) >= 11 is 0. The summed E-state index contributed by atoms with van der Waals surface area (Å²) in [5.74, 6) is 1.29. The third kappa shape index (κ3) is 6.09. The fourth-order valence-corrected chi connectivity index (χ4v) is 4.22. The van der Waals surface area contributed by atoms with Gasteiger partial charge in [0.15, 0.2) is 5.65 Å². The van der Waals surface area contributed by atoms with E-state index in [2.05, 4.69) is 29.2 Å². The first-order valence-electron chi connectivity index (χ1n) is 11.6. The molecule has 1 saturated heterocycles. The number of carbonyl (C=O) groups excluding carboxylic acids is 1. The number of benzene rings is 1. The van der Waals surface area contributed by atoms with Crippen LogP contribution in [-0.4, -0.2) is 49.7 Å². The highest BCUT2D eigenvalue weighted by molar-refractivity contribution is 5.81. The molecule has 2 fully saturated rings. The second-order valence-corrected chi connectivity index (χ2v) is 9.23. The molecule has 0 radical (unpaired) electrons. The molecule has 2 aliphatic rings. The molecule has 1 aliphatic heterocycles. The Bertz CT molecular complexity index is 1110. The maximum atomic E-state index is 12.7. The Labute approximate surface area is 193 Å². The molecule has 2 unspecified atom stereocenters. The van der Waals surface area contributed by atoms with Crippen LogP contribution in [-0.2, 0) is 11.2 Å². The summed E-state index contributed by atoms with van der Waals surface area (Å²) in [5, 5.41) is 15.3. The van der Waals surface area contributed by atoms with E-state index in [9.17, 15) is 9.59 Å². The van der Waals surface area contributed by atoms with Crippen molar-refractivity contribution < 1.29 is 14.7 Å². The number of carboxylic acid groups (broad SMARTS) is 1. The van der Waals surface area contributed by atoms with Crippen LogP contribution in [0.5, 0.6) is 0 Å². The van der Waals surface area contributed by atoms with E-state index in [0.717, 1.165) is 29.9 Å². The third-order valence-electron chi connectivity index (χ3n) is 5.76. The van der Waals surface area contributed by atoms with E-state index in [1.165, 1.54) is 25.7 Å². The van der Waals surface area contributed by atoms with Gasteiger partial charge < -0.3 is 10.0 Å². The van der Waals surface area contributed by atoms with E-state index in [1.807, 2.05) is 41.3 Å². The minimum Gasteiger partial charge on any atom is -0.465 e. The maximum absolute atomic E-state index is 12.7. The number of hydrogen-bond acceptors (Lipinski definition) is 4. The Morgan fingerprint density at radius 1 is 1.03 bits per heavy atom. The van der Waals surface area contributed by atoms with Gasteiger partial charge >= 0.3 is 6.09 Å². The van der Waals surface area contributed by atoms with Crippen LogP contribution >= 0.6 is 0 Å². The largest absolute Gasteiger partial charge is 0.465 e. The molecule has 3 aromatic rings. The highest BCUT2D eigenvalue weighted by Gasteiger charge is 2.25. The Balaban J connectivity index is 0.000000799. The number of amides is 2. The summed E-state index contributed by atoms with van der Waals surface area (Å²) in [6, 6.07) is 13.3. The number of nitrogens with one attached hydrogen (secondary N) is 1. The zero-order valence-electron chi connectivity index (χ0n) is 19.2. The van der Waals surface area contributed by atoms with Gasteiger partial charge in [-0.05, 0) is 36.0 Å². The fraction of sp³-hybridized carbons (Fsp3) is 0.440. The van der Waals surface area contributed by atoms with Crippen LogP contribution in [0.1, 0.15) is 45.1 Å². The quantitative estimate of drug-likeness (QED) is 0.601. The van der Waals surface area contributed by atoms with Crippen LogP contribution in [0.25, 0.3) is 16.9 Å². The van der Waals surface area contributed by atoms with Gasteiger partial charge in [-0.3, -0.25) is 10.1 Å². The van der Waals surface area contributed by atoms with Gasteiger partial charge in [0.05, 0.1) is 12.1 Å². The van der Waals surface area contributed by atoms with Crippen molar-refractivity contribution in [3.8, 4) is 11.3 Å². The van der Waals surface area contributed by atoms with Gasteiger partial charge in [-0.25, -0.2) is 9.31 Å². The molecule has 2 aromatic heterocycles. The second kappa shape index (κ2) is 10.0. The van der Waals surface area contributed by atoms with E-state index < -0.39 is 6.09 Å². The van der Waals surface area contributed by atoms with Crippen molar-refractivity contribution in [1.29, 1.82) is 0 Å². The van der Waals surface area contributed by atoms with E-state index in [0.29, 0.717) is 23.9 Å². The molecule has 0 bridgehead atoms. The summed E-state index contributed by atoms with van der Waals surface area (Å²) in [4.78, 5) is 29.7. The molecule has 2 amide bonds. The lowest BCUT2D eigenvalue weighted by atomic mass is 9.91. The smallest absolute Gasteiger partial charge is 0.411 e. The molecule has 5 rings (SSSR count). The lowest BCUT2D eigenvalue weighted by Crippen LogP contribution is -2.43. The zero-order chi connectivity index (χ0) is 23.4. The van der Waals surface area contributed by atoms with Crippen molar-refractivity contribution in [2.24, 2.45) is 11.8 Å². The van der Waals surface area contributed by atoms with Crippen molar-refractivity contribution in [2.75, 3.05) is 18.4 Å². The number of likely N-dealkylation sites (tertiary alicyclic amines) is 1. The summed E-state index contributed by atoms with van der Waals surface area (Å²) in [5.41, 5.74) is 3.20. The molecule has 2 atom stereocenters. The maximum Gasteiger partial charge on any atom is 0.411 e. The van der Waals surface area contributed by atoms with Crippen molar-refractivity contribution in [3.63, 3.8) is 0 Å². The lowest BCUT2D eigenvalue weighted by molar-refractivity contribution is -0.133. The number of nitrogens with zero attached hydrogens (tertiary/aromatic N) is 4. The molecule has 0 spiro atoms. The van der Waals surface area contributed by atoms with Crippen LogP contribution < -0.4 is 5.32 Å². The molecule has 8 heteroatoms. The molecule has 8 nitrogen and oxygen atoms in total. The van der Waals surface area contributed by atoms with E-state index >= 15 is 0 Å². The predicted octanol–water partition coefficient (Wildman–Crippen LogP) is 4.70. The molecule has 1 saturated carbocycles. The van der Waals surface area contributed by atoms with Crippen molar-refractivity contribution >= 4 is 23.6 Å². The minimum absolute atomic E-state index is 0.0298. The van der Waals surface area contributed by atoms with Crippen LogP contribution in [0.15, 0.2) is 42.5 Å². The third-order valence-corrected chi connectivity index (χ3v) is 5.76. The topological polar surface area (TPSA) is 99.8 Å². The highest BCUT2D eigenvalue weighted by atomic mass is 16.4. The average Bonchev–Trinajstić information content (AvgIpc) is 3.59. The summed E-state index contributed by atoms with van der Waals surface area (Å²) in [7, 11) is 0. The summed E-state index contributed by atoms with van der Waals surface area (Å²) in [6.45, 7) is 6.07. The Morgan fingerprint density at radius 2 is 1.70 bits per heavy atom. The zero-order valence-corrected chi connectivity index (χ0v) is 19.2. The number of aromatic nitrogens is 3. The molecular weight excluding hydrogens is 418 g/mol. The van der Waals surface area contributed by atoms with Gasteiger partial charge in [-0.2, -0.15) is 4.98 Å². The standard InChI is InChI=1S/C22H25N5O3.C3H6/c1-14-10-15(2)13-26(12-14)20(28)11-16-6-8-17(9-7-16)18-4-3-5-19-23-21(24-22(29)30)25-27(18)19;1-2-3-1/h3-9,14-15H,10-13H2,1-2H3,(H,24,25)(H,29,30);1-3H2. The van der Waals surface area contributed by atoms with Gasteiger partial charge in [-0.15, -0.1) is 5.10 Å². The molecule has 2 N–H and O–H groups in total. The first kappa shape index (κ1) is 22.8. The lowest BCUT2D eigenvalue weighted by Gasteiger charge is -2.35. The van der Waals surface area contributed by atoms with Crippen LogP contribution in [0, 0.1) is 11.8 Å². The fourth-order valence-electron chi connectivity index (χ4n) is 4.22. The number of piperidine rings is 1. The minimum atomic E-state index is -1.21. The first-order valence-corrected chi connectivity index (χ1v) is 11.6. The number of anilines is 1. The molecular formula is C25H31N5O3. The summed E-state index contributed by atoms with van der Waals surface area (Å²) in [6.07, 6.45) is 4.86. The Hall–Kier alpha value is -3.42. The van der Waals surface area contributed by atoms with Gasteiger partial charge in [0.1, 0.15) is 0 Å². The van der Waals surface area contributed by atoms with Crippen molar-refractivity contribution in [2.45, 2.75) is 46.0 Å². The highest BCUT2D eigenvalue weighted by Crippen LogP contribution is 2.24. The summed E-state index contributed by atoms with van der Waals surface area (Å²) < 4.78 is 1.60. The molecule has 33 heavy (non-hydrogen) atoms. The number of rotatable bonds is 4. The Morgan fingerprint density at radius 3 is 2.30 bits per heavy atom. The number of fused-ring (bicyclic) bond motifs is 1. The molecule has 174 valence electrons. The van der Waals surface area contributed by atoms with Gasteiger partial charge in [0.25, 0.3) is 5.95 Å². The monoisotopic (exact) mass is 449 g/mol. The normalized spacial score (nSPS) is 19.5. The number of hydrogen-bond donors (Lipinski definition) is 2. The average molecular weight is 450 g/mol. The first-order chi connectivity index (χ1) is 15.9. The second-order valence-electron chi connectivity index (χ2n) is 9.23. The van der Waals surface area contributed by atoms with Crippen molar-refractivity contribution in [3.05, 3.63) is 48.0 Å². The van der Waals surface area contributed by atoms with Crippen LogP contribution in [0.4, 0.5) is 10.7 Å². The van der Waals surface area contributed by atoms with Crippen molar-refractivity contribution in [1.82, 2.24) is 19.5 Å². The Kier molecular flexibility index (Phi) is 6.91. The van der Waals surface area contributed by atoms with Crippen LogP contribution in [0.3, 0.4) is 0 Å². The van der Waals surface area contributed by atoms with Gasteiger partial charge in [0.2, 0.25) is 5.91 Å². The SMILES string of the molecule is C1CC1.CC1CC(C)CN(C(=O)Cc2ccc(-c3cccc4nc(NC(=O)O)nn34)cc2)C1. The van der Waals surface area contributed by atoms with E-state index in [-0.39, 0.29) is 11.9 Å². The van der Waals surface area contributed by atoms with Gasteiger partial charge in [0, 0.05) is 18.7 Å². The molecule has 1 aliphatic carbocycles. The van der Waals surface area contributed by atoms with Crippen LogP contribution in [0.2, 0.25) is 0 Å². The van der Waals surface area contributed by atoms with E-state index in [4.69, 9.17) is 5.11 Å². The van der Waals surface area contributed by atoms with E-state index in [1.54, 1.807) is 10.6 Å².